The highest BCUT2D eigenvalue weighted by Crippen LogP contribution is 2.56. The number of fused-ring (bicyclic) bond motifs is 3. The first kappa shape index (κ1) is 24.1. The van der Waals surface area contributed by atoms with Crippen LogP contribution in [0.5, 0.6) is 0 Å². The normalized spacial score (nSPS) is 18.5. The highest BCUT2D eigenvalue weighted by molar-refractivity contribution is 6.06. The van der Waals surface area contributed by atoms with Crippen LogP contribution in [0.3, 0.4) is 0 Å². The number of nitrogen functional groups attached to an aromatic ring is 1. The van der Waals surface area contributed by atoms with E-state index in [4.69, 9.17) is 15.7 Å². The molecule has 0 spiro atoms. The summed E-state index contributed by atoms with van der Waals surface area (Å²) in [5.41, 5.74) is 11.2. The lowest BCUT2D eigenvalue weighted by Crippen LogP contribution is -2.10. The van der Waals surface area contributed by atoms with Gasteiger partial charge in [0.2, 0.25) is 0 Å². The quantitative estimate of drug-likeness (QED) is 0.363. The van der Waals surface area contributed by atoms with Gasteiger partial charge in [0.05, 0.1) is 42.0 Å². The molecule has 4 aromatic rings. The molecule has 36 heavy (non-hydrogen) atoms. The van der Waals surface area contributed by atoms with Gasteiger partial charge in [-0.15, -0.1) is 0 Å². The number of anilines is 1. The predicted molar refractivity (Wildman–Crippen MR) is 132 cm³/mol. The van der Waals surface area contributed by atoms with Crippen LogP contribution in [0.15, 0.2) is 42.5 Å². The number of nitrogens with two attached hydrogens (primary N) is 1. The minimum absolute atomic E-state index is 0.00643. The van der Waals surface area contributed by atoms with E-state index in [0.717, 1.165) is 22.1 Å². The van der Waals surface area contributed by atoms with E-state index < -0.39 is 24.4 Å². The number of aliphatic hydroxyl groups is 1. The van der Waals surface area contributed by atoms with Crippen molar-refractivity contribution in [2.45, 2.75) is 38.8 Å². The molecule has 9 heteroatoms. The first-order valence-corrected chi connectivity index (χ1v) is 12.0. The standard InChI is InChI=1S/C27H27F2N5O2/c1-2-36-15-23-33-24-25(34(23)13-20-21(14-35)27(20,28)29)19-8-7-18(12-22(19)32-26(24)31)11-17-5-3-16(4-6-17)9-10-30/h3-8,12,20-21,35H,2,9,11,13-15H2,1H3,(H2,31,32)/t20-,21-/m1/s1. The lowest BCUT2D eigenvalue weighted by molar-refractivity contribution is 0.0697. The van der Waals surface area contributed by atoms with Crippen LogP contribution in [-0.2, 0) is 30.7 Å². The van der Waals surface area contributed by atoms with Gasteiger partial charge in [-0.3, -0.25) is 0 Å². The van der Waals surface area contributed by atoms with E-state index in [1.54, 1.807) is 4.57 Å². The molecular weight excluding hydrogens is 464 g/mol. The second-order valence-electron chi connectivity index (χ2n) is 9.22. The molecule has 0 unspecified atom stereocenters. The van der Waals surface area contributed by atoms with Crippen molar-refractivity contribution in [2.75, 3.05) is 18.9 Å². The average molecular weight is 492 g/mol. The van der Waals surface area contributed by atoms with E-state index in [1.807, 2.05) is 49.4 Å². The number of hydrogen-bond donors (Lipinski definition) is 2. The summed E-state index contributed by atoms with van der Waals surface area (Å²) in [6.45, 7) is 1.92. The number of halogens is 2. The maximum atomic E-state index is 14.3. The summed E-state index contributed by atoms with van der Waals surface area (Å²) in [4.78, 5) is 9.18. The number of pyridine rings is 1. The average Bonchev–Trinajstić information content (AvgIpc) is 3.19. The number of nitriles is 1. The largest absolute Gasteiger partial charge is 0.396 e. The Labute approximate surface area is 207 Å². The van der Waals surface area contributed by atoms with Crippen LogP contribution < -0.4 is 5.73 Å². The van der Waals surface area contributed by atoms with Crippen molar-refractivity contribution in [3.05, 3.63) is 65.0 Å². The third-order valence-corrected chi connectivity index (χ3v) is 6.94. The fourth-order valence-electron chi connectivity index (χ4n) is 4.87. The van der Waals surface area contributed by atoms with E-state index in [2.05, 4.69) is 16.0 Å². The second-order valence-corrected chi connectivity index (χ2v) is 9.22. The molecule has 7 nitrogen and oxygen atoms in total. The molecule has 0 bridgehead atoms. The molecule has 1 fully saturated rings. The van der Waals surface area contributed by atoms with Gasteiger partial charge >= 0.3 is 0 Å². The highest BCUT2D eigenvalue weighted by atomic mass is 19.3. The monoisotopic (exact) mass is 491 g/mol. The highest BCUT2D eigenvalue weighted by Gasteiger charge is 2.67. The van der Waals surface area contributed by atoms with Gasteiger partial charge in [-0.2, -0.15) is 5.26 Å². The summed E-state index contributed by atoms with van der Waals surface area (Å²) in [7, 11) is 0. The third kappa shape index (κ3) is 4.27. The third-order valence-electron chi connectivity index (χ3n) is 6.94. The van der Waals surface area contributed by atoms with Crippen molar-refractivity contribution in [1.82, 2.24) is 14.5 Å². The van der Waals surface area contributed by atoms with Crippen LogP contribution in [-0.4, -0.2) is 38.8 Å². The van der Waals surface area contributed by atoms with Gasteiger partial charge in [0, 0.05) is 18.5 Å². The molecule has 5 rings (SSSR count). The number of benzene rings is 2. The fourth-order valence-corrected chi connectivity index (χ4v) is 4.87. The van der Waals surface area contributed by atoms with Gasteiger partial charge in [0.1, 0.15) is 17.9 Å². The van der Waals surface area contributed by atoms with Crippen LogP contribution in [0.4, 0.5) is 14.6 Å². The molecule has 1 aliphatic carbocycles. The second kappa shape index (κ2) is 9.45. The molecule has 2 atom stereocenters. The Balaban J connectivity index is 1.55. The number of aliphatic hydroxyl groups excluding tert-OH is 1. The molecular formula is C27H27F2N5O2. The number of alkyl halides is 2. The predicted octanol–water partition coefficient (Wildman–Crippen LogP) is 4.23. The first-order chi connectivity index (χ1) is 17.4. The molecule has 186 valence electrons. The van der Waals surface area contributed by atoms with Gasteiger partial charge in [-0.25, -0.2) is 18.7 Å². The number of nitrogens with zero attached hydrogens (tertiary/aromatic N) is 4. The number of imidazole rings is 1. The van der Waals surface area contributed by atoms with Crippen LogP contribution in [0.1, 0.15) is 29.4 Å². The summed E-state index contributed by atoms with van der Waals surface area (Å²) in [6, 6.07) is 15.9. The van der Waals surface area contributed by atoms with E-state index in [1.165, 1.54) is 0 Å². The SMILES string of the molecule is CCOCc1nc2c(N)nc3cc(Cc4ccc(CC#N)cc4)ccc3c2n1C[C@@H]1[C@@H](CO)C1(F)F. The van der Waals surface area contributed by atoms with Crippen molar-refractivity contribution in [3.63, 3.8) is 0 Å². The van der Waals surface area contributed by atoms with Crippen molar-refractivity contribution in [1.29, 1.82) is 5.26 Å². The fraction of sp³-hybridized carbons (Fsp3) is 0.370. The summed E-state index contributed by atoms with van der Waals surface area (Å²) in [5, 5.41) is 19.0. The minimum Gasteiger partial charge on any atom is -0.396 e. The first-order valence-electron chi connectivity index (χ1n) is 12.0. The lowest BCUT2D eigenvalue weighted by Gasteiger charge is -2.12. The van der Waals surface area contributed by atoms with Crippen molar-refractivity contribution in [2.24, 2.45) is 11.8 Å². The van der Waals surface area contributed by atoms with Crippen LogP contribution in [0.25, 0.3) is 21.9 Å². The van der Waals surface area contributed by atoms with Crippen LogP contribution >= 0.6 is 0 Å². The minimum atomic E-state index is -2.92. The maximum absolute atomic E-state index is 14.3. The summed E-state index contributed by atoms with van der Waals surface area (Å²) >= 11 is 0. The van der Waals surface area contributed by atoms with E-state index in [9.17, 15) is 13.9 Å². The summed E-state index contributed by atoms with van der Waals surface area (Å²) in [6.07, 6.45) is 1.05. The van der Waals surface area contributed by atoms with Gasteiger partial charge in [0.15, 0.2) is 5.82 Å². The summed E-state index contributed by atoms with van der Waals surface area (Å²) in [5.74, 6) is -4.22. The Bertz CT molecular complexity index is 1460. The molecule has 0 aliphatic heterocycles. The van der Waals surface area contributed by atoms with Gasteiger partial charge in [0.25, 0.3) is 5.92 Å². The molecule has 1 saturated carbocycles. The molecule has 1 aliphatic rings. The van der Waals surface area contributed by atoms with Gasteiger partial charge in [-0.05, 0) is 36.1 Å². The zero-order valence-corrected chi connectivity index (χ0v) is 19.9. The van der Waals surface area contributed by atoms with E-state index in [0.29, 0.717) is 41.8 Å². The van der Waals surface area contributed by atoms with Crippen LogP contribution in [0, 0.1) is 23.2 Å². The van der Waals surface area contributed by atoms with Gasteiger partial charge < -0.3 is 20.1 Å². The molecule has 0 radical (unpaired) electrons. The molecule has 0 amide bonds. The molecule has 2 aromatic heterocycles. The number of hydrogen-bond acceptors (Lipinski definition) is 6. The topological polar surface area (TPSA) is 110 Å². The molecule has 3 N–H and O–H groups in total. The maximum Gasteiger partial charge on any atom is 0.258 e. The lowest BCUT2D eigenvalue weighted by atomic mass is 10.0. The zero-order valence-electron chi connectivity index (χ0n) is 19.9. The van der Waals surface area contributed by atoms with E-state index >= 15 is 0 Å². The Morgan fingerprint density at radius 3 is 2.50 bits per heavy atom. The van der Waals surface area contributed by atoms with Gasteiger partial charge in [-0.1, -0.05) is 36.4 Å². The summed E-state index contributed by atoms with van der Waals surface area (Å²) < 4.78 is 35.9. The Kier molecular flexibility index (Phi) is 6.33. The Morgan fingerprint density at radius 1 is 1.11 bits per heavy atom. The number of ether oxygens (including phenoxy) is 1. The van der Waals surface area contributed by atoms with Crippen molar-refractivity contribution < 1.29 is 18.6 Å². The van der Waals surface area contributed by atoms with Crippen molar-refractivity contribution in [3.8, 4) is 6.07 Å². The van der Waals surface area contributed by atoms with E-state index in [-0.39, 0.29) is 19.0 Å². The zero-order chi connectivity index (χ0) is 25.4. The number of rotatable bonds is 9. The Morgan fingerprint density at radius 2 is 1.83 bits per heavy atom. The van der Waals surface area contributed by atoms with Crippen LogP contribution in [0.2, 0.25) is 0 Å². The smallest absolute Gasteiger partial charge is 0.258 e. The molecule has 2 heterocycles. The van der Waals surface area contributed by atoms with Crippen molar-refractivity contribution >= 4 is 27.8 Å². The number of aromatic nitrogens is 3. The molecule has 0 saturated heterocycles. The Hall–Kier alpha value is -3.61. The molecule has 2 aromatic carbocycles.